The smallest absolute Gasteiger partial charge is 0.271 e. The number of hydrogen-bond acceptors (Lipinski definition) is 4. The Morgan fingerprint density at radius 3 is 2.92 bits per heavy atom. The molecule has 13 heavy (non-hydrogen) atoms. The number of carbonyl (C=O) groups is 1. The van der Waals surface area contributed by atoms with Gasteiger partial charge < -0.3 is 10.1 Å². The minimum Gasteiger partial charge on any atom is -0.377 e. The van der Waals surface area contributed by atoms with E-state index in [-0.39, 0.29) is 11.9 Å². The molecule has 1 aromatic heterocycles. The summed E-state index contributed by atoms with van der Waals surface area (Å²) in [5.74, 6) is -0.193. The molecular weight excluding hydrogens is 170 g/mol. The van der Waals surface area contributed by atoms with Crippen LogP contribution in [0.5, 0.6) is 0 Å². The lowest BCUT2D eigenvalue weighted by Crippen LogP contribution is -2.48. The van der Waals surface area contributed by atoms with E-state index in [0.717, 1.165) is 0 Å². The van der Waals surface area contributed by atoms with Crippen molar-refractivity contribution in [2.75, 3.05) is 13.2 Å². The normalized spacial score (nSPS) is 16.3. The first-order valence-corrected chi connectivity index (χ1v) is 4.01. The van der Waals surface area contributed by atoms with Crippen molar-refractivity contribution in [3.05, 3.63) is 24.3 Å². The van der Waals surface area contributed by atoms with E-state index in [1.165, 1.54) is 18.6 Å². The van der Waals surface area contributed by atoms with Crippen LogP contribution in [0.2, 0.25) is 0 Å². The lowest BCUT2D eigenvalue weighted by molar-refractivity contribution is -0.00355. The van der Waals surface area contributed by atoms with Gasteiger partial charge in [-0.05, 0) is 0 Å². The maximum atomic E-state index is 11.4. The van der Waals surface area contributed by atoms with Gasteiger partial charge in [0.25, 0.3) is 5.91 Å². The molecule has 1 aromatic rings. The zero-order valence-electron chi connectivity index (χ0n) is 6.93. The van der Waals surface area contributed by atoms with E-state index in [1.807, 2.05) is 0 Å². The summed E-state index contributed by atoms with van der Waals surface area (Å²) in [5.41, 5.74) is 0.342. The SMILES string of the molecule is O=C(NC1COC1)c1cnccn1. The lowest BCUT2D eigenvalue weighted by Gasteiger charge is -2.26. The van der Waals surface area contributed by atoms with Gasteiger partial charge in [0, 0.05) is 12.4 Å². The molecule has 1 aliphatic rings. The molecule has 0 spiro atoms. The third-order valence-electron chi connectivity index (χ3n) is 1.77. The average Bonchev–Trinajstić information content (AvgIpc) is 2.12. The second-order valence-electron chi connectivity index (χ2n) is 2.80. The van der Waals surface area contributed by atoms with Crippen LogP contribution in [-0.2, 0) is 4.74 Å². The van der Waals surface area contributed by atoms with Gasteiger partial charge in [0.05, 0.1) is 25.5 Å². The molecule has 1 fully saturated rings. The molecular formula is C8H9N3O2. The fourth-order valence-electron chi connectivity index (χ4n) is 0.995. The number of nitrogens with zero attached hydrogens (tertiary/aromatic N) is 2. The Labute approximate surface area is 75.1 Å². The molecule has 5 nitrogen and oxygen atoms in total. The molecule has 1 aliphatic heterocycles. The number of aromatic nitrogens is 2. The van der Waals surface area contributed by atoms with Gasteiger partial charge in [-0.2, -0.15) is 0 Å². The first-order chi connectivity index (χ1) is 6.36. The van der Waals surface area contributed by atoms with E-state index < -0.39 is 0 Å². The third kappa shape index (κ3) is 1.81. The summed E-state index contributed by atoms with van der Waals surface area (Å²) >= 11 is 0. The molecule has 0 radical (unpaired) electrons. The van der Waals surface area contributed by atoms with Crippen molar-refractivity contribution in [1.82, 2.24) is 15.3 Å². The van der Waals surface area contributed by atoms with Crippen LogP contribution in [0.15, 0.2) is 18.6 Å². The Kier molecular flexibility index (Phi) is 2.18. The van der Waals surface area contributed by atoms with Crippen molar-refractivity contribution in [2.45, 2.75) is 6.04 Å². The second kappa shape index (κ2) is 3.49. The standard InChI is InChI=1S/C8H9N3O2/c12-8(11-6-4-13-5-6)7-3-9-1-2-10-7/h1-3,6H,4-5H2,(H,11,12). The van der Waals surface area contributed by atoms with Crippen molar-refractivity contribution in [3.63, 3.8) is 0 Å². The lowest BCUT2D eigenvalue weighted by atomic mass is 10.2. The van der Waals surface area contributed by atoms with E-state index in [2.05, 4.69) is 15.3 Å². The number of hydrogen-bond donors (Lipinski definition) is 1. The summed E-state index contributed by atoms with van der Waals surface area (Å²) in [5, 5.41) is 2.77. The molecule has 0 bridgehead atoms. The maximum Gasteiger partial charge on any atom is 0.271 e. The van der Waals surface area contributed by atoms with E-state index in [4.69, 9.17) is 4.74 Å². The van der Waals surface area contributed by atoms with Crippen LogP contribution in [0.1, 0.15) is 10.5 Å². The van der Waals surface area contributed by atoms with Crippen LogP contribution in [0.3, 0.4) is 0 Å². The van der Waals surface area contributed by atoms with Crippen LogP contribution in [0, 0.1) is 0 Å². The second-order valence-corrected chi connectivity index (χ2v) is 2.80. The van der Waals surface area contributed by atoms with Gasteiger partial charge in [0.1, 0.15) is 5.69 Å². The van der Waals surface area contributed by atoms with E-state index in [9.17, 15) is 4.79 Å². The number of ether oxygens (including phenoxy) is 1. The van der Waals surface area contributed by atoms with Crippen molar-refractivity contribution in [2.24, 2.45) is 0 Å². The van der Waals surface area contributed by atoms with Gasteiger partial charge in [-0.25, -0.2) is 4.98 Å². The highest BCUT2D eigenvalue weighted by Gasteiger charge is 2.21. The van der Waals surface area contributed by atoms with Gasteiger partial charge >= 0.3 is 0 Å². The van der Waals surface area contributed by atoms with E-state index in [0.29, 0.717) is 18.9 Å². The first-order valence-electron chi connectivity index (χ1n) is 4.01. The van der Waals surface area contributed by atoms with Crippen LogP contribution in [0.4, 0.5) is 0 Å². The van der Waals surface area contributed by atoms with E-state index >= 15 is 0 Å². The number of carbonyl (C=O) groups excluding carboxylic acids is 1. The largest absolute Gasteiger partial charge is 0.377 e. The molecule has 2 heterocycles. The molecule has 0 aliphatic carbocycles. The highest BCUT2D eigenvalue weighted by molar-refractivity contribution is 5.92. The molecule has 68 valence electrons. The molecule has 1 amide bonds. The van der Waals surface area contributed by atoms with Gasteiger partial charge in [-0.15, -0.1) is 0 Å². The molecule has 5 heteroatoms. The summed E-state index contributed by atoms with van der Waals surface area (Å²) in [4.78, 5) is 19.1. The molecule has 1 saturated heterocycles. The zero-order valence-corrected chi connectivity index (χ0v) is 6.93. The Balaban J connectivity index is 1.97. The highest BCUT2D eigenvalue weighted by atomic mass is 16.5. The number of nitrogens with one attached hydrogen (secondary N) is 1. The number of rotatable bonds is 2. The van der Waals surface area contributed by atoms with Crippen molar-refractivity contribution >= 4 is 5.91 Å². The molecule has 1 N–H and O–H groups in total. The van der Waals surface area contributed by atoms with Gasteiger partial charge in [0.15, 0.2) is 0 Å². The van der Waals surface area contributed by atoms with Gasteiger partial charge in [-0.1, -0.05) is 0 Å². The summed E-state index contributed by atoms with van der Waals surface area (Å²) in [7, 11) is 0. The molecule has 0 aromatic carbocycles. The Morgan fingerprint density at radius 1 is 1.54 bits per heavy atom. The first kappa shape index (κ1) is 8.12. The zero-order chi connectivity index (χ0) is 9.10. The minimum atomic E-state index is -0.193. The van der Waals surface area contributed by atoms with Crippen molar-refractivity contribution in [1.29, 1.82) is 0 Å². The summed E-state index contributed by atoms with van der Waals surface area (Å²) < 4.78 is 4.92. The summed E-state index contributed by atoms with van der Waals surface area (Å²) in [6, 6.07) is 0.134. The maximum absolute atomic E-state index is 11.4. The topological polar surface area (TPSA) is 64.1 Å². The molecule has 0 atom stereocenters. The Bertz CT molecular complexity index is 298. The van der Waals surface area contributed by atoms with Crippen molar-refractivity contribution < 1.29 is 9.53 Å². The average molecular weight is 179 g/mol. The fourth-order valence-corrected chi connectivity index (χ4v) is 0.995. The fraction of sp³-hybridized carbons (Fsp3) is 0.375. The molecule has 0 unspecified atom stereocenters. The predicted molar refractivity (Wildman–Crippen MR) is 44.1 cm³/mol. The molecule has 0 saturated carbocycles. The minimum absolute atomic E-state index is 0.134. The van der Waals surface area contributed by atoms with Gasteiger partial charge in [0.2, 0.25) is 0 Å². The van der Waals surface area contributed by atoms with Crippen LogP contribution >= 0.6 is 0 Å². The van der Waals surface area contributed by atoms with E-state index in [1.54, 1.807) is 0 Å². The Hall–Kier alpha value is -1.49. The summed E-state index contributed by atoms with van der Waals surface area (Å²) in [6.07, 6.45) is 4.46. The van der Waals surface area contributed by atoms with Gasteiger partial charge in [-0.3, -0.25) is 9.78 Å². The molecule has 2 rings (SSSR count). The van der Waals surface area contributed by atoms with Crippen LogP contribution < -0.4 is 5.32 Å². The monoisotopic (exact) mass is 179 g/mol. The quantitative estimate of drug-likeness (QED) is 0.671. The predicted octanol–water partition coefficient (Wildman–Crippen LogP) is -0.395. The van der Waals surface area contributed by atoms with Crippen LogP contribution in [-0.4, -0.2) is 35.1 Å². The third-order valence-corrected chi connectivity index (χ3v) is 1.77. The Morgan fingerprint density at radius 2 is 2.38 bits per heavy atom. The van der Waals surface area contributed by atoms with Crippen molar-refractivity contribution in [3.8, 4) is 0 Å². The number of amides is 1. The highest BCUT2D eigenvalue weighted by Crippen LogP contribution is 2.00. The summed E-state index contributed by atoms with van der Waals surface area (Å²) in [6.45, 7) is 1.18. The van der Waals surface area contributed by atoms with Crippen LogP contribution in [0.25, 0.3) is 0 Å².